The first-order valence-corrected chi connectivity index (χ1v) is 7.18. The molecule has 1 heterocycles. The molecule has 1 aromatic rings. The van der Waals surface area contributed by atoms with Gasteiger partial charge in [0.2, 0.25) is 0 Å². The molecule has 0 bridgehead atoms. The van der Waals surface area contributed by atoms with Crippen LogP contribution >= 0.6 is 11.8 Å². The molecule has 3 nitrogen and oxygen atoms in total. The highest BCUT2D eigenvalue weighted by Gasteiger charge is 2.11. The molecule has 90 valence electrons. The number of hydrogen-bond donors (Lipinski definition) is 1. The van der Waals surface area contributed by atoms with E-state index in [0.29, 0.717) is 0 Å². The van der Waals surface area contributed by atoms with E-state index in [2.05, 4.69) is 14.9 Å². The fourth-order valence-corrected chi connectivity index (χ4v) is 3.01. The van der Waals surface area contributed by atoms with Crippen molar-refractivity contribution in [3.63, 3.8) is 0 Å². The average Bonchev–Trinajstić information content (AvgIpc) is 2.72. The van der Waals surface area contributed by atoms with Gasteiger partial charge in [-0.1, -0.05) is 31.0 Å². The van der Waals surface area contributed by atoms with Crippen molar-refractivity contribution in [2.45, 2.75) is 43.3 Å². The molecule has 16 heavy (non-hydrogen) atoms. The Bertz CT molecular complexity index is 305. The van der Waals surface area contributed by atoms with E-state index in [-0.39, 0.29) is 0 Å². The van der Waals surface area contributed by atoms with E-state index in [1.165, 1.54) is 32.1 Å². The molecule has 1 N–H and O–H groups in total. The van der Waals surface area contributed by atoms with Gasteiger partial charge in [-0.05, 0) is 12.8 Å². The summed E-state index contributed by atoms with van der Waals surface area (Å²) in [5.41, 5.74) is 0. The molecule has 0 atom stereocenters. The smallest absolute Gasteiger partial charge is 0.167 e. The summed E-state index contributed by atoms with van der Waals surface area (Å²) >= 11 is 1.83. The minimum Gasteiger partial charge on any atom is -0.329 e. The van der Waals surface area contributed by atoms with Crippen LogP contribution in [0, 0.1) is 0 Å². The minimum absolute atomic E-state index is 0.774. The molecule has 0 aliphatic heterocycles. The first-order chi connectivity index (χ1) is 7.86. The molecule has 0 saturated heterocycles. The molecule has 4 heteroatoms. The predicted molar refractivity (Wildman–Crippen MR) is 68.8 cm³/mol. The Morgan fingerprint density at radius 3 is 2.94 bits per heavy atom. The van der Waals surface area contributed by atoms with Crippen molar-refractivity contribution in [2.75, 3.05) is 12.3 Å². The van der Waals surface area contributed by atoms with Crippen LogP contribution in [0.5, 0.6) is 0 Å². The first kappa shape index (κ1) is 12.0. The van der Waals surface area contributed by atoms with Crippen molar-refractivity contribution in [3.8, 4) is 0 Å². The topological polar surface area (TPSA) is 29.9 Å². The predicted octanol–water partition coefficient (Wildman–Crippen LogP) is 2.43. The monoisotopic (exact) mass is 239 g/mol. The van der Waals surface area contributed by atoms with Crippen molar-refractivity contribution in [3.05, 3.63) is 12.4 Å². The van der Waals surface area contributed by atoms with Crippen molar-refractivity contribution in [1.82, 2.24) is 14.9 Å². The molecule has 0 unspecified atom stereocenters. The summed E-state index contributed by atoms with van der Waals surface area (Å²) in [6, 6.07) is 0.774. The van der Waals surface area contributed by atoms with Gasteiger partial charge in [0.05, 0.1) is 0 Å². The standard InChI is InChI=1S/C12H21N3S/c1-15-9-7-14-12(15)16-10-8-13-11-5-3-2-4-6-11/h7,9,11,13H,2-6,8,10H2,1H3. The summed E-state index contributed by atoms with van der Waals surface area (Å²) < 4.78 is 2.07. The Kier molecular flexibility index (Phi) is 4.72. The maximum Gasteiger partial charge on any atom is 0.167 e. The average molecular weight is 239 g/mol. The Morgan fingerprint density at radius 1 is 1.44 bits per heavy atom. The quantitative estimate of drug-likeness (QED) is 0.632. The molecule has 0 spiro atoms. The zero-order valence-electron chi connectivity index (χ0n) is 9.98. The van der Waals surface area contributed by atoms with Gasteiger partial charge in [-0.3, -0.25) is 0 Å². The lowest BCUT2D eigenvalue weighted by atomic mass is 9.96. The van der Waals surface area contributed by atoms with Gasteiger partial charge >= 0.3 is 0 Å². The number of hydrogen-bond acceptors (Lipinski definition) is 3. The molecular weight excluding hydrogens is 218 g/mol. The zero-order valence-corrected chi connectivity index (χ0v) is 10.8. The number of imidazole rings is 1. The van der Waals surface area contributed by atoms with Crippen LogP contribution in [0.25, 0.3) is 0 Å². The Morgan fingerprint density at radius 2 is 2.25 bits per heavy atom. The van der Waals surface area contributed by atoms with Crippen molar-refractivity contribution < 1.29 is 0 Å². The molecule has 1 fully saturated rings. The maximum absolute atomic E-state index is 4.30. The second kappa shape index (κ2) is 6.30. The number of nitrogens with zero attached hydrogens (tertiary/aromatic N) is 2. The third kappa shape index (κ3) is 3.52. The third-order valence-electron chi connectivity index (χ3n) is 3.15. The summed E-state index contributed by atoms with van der Waals surface area (Å²) in [6.45, 7) is 1.10. The lowest BCUT2D eigenvalue weighted by Gasteiger charge is -2.22. The fourth-order valence-electron chi connectivity index (χ4n) is 2.20. The highest BCUT2D eigenvalue weighted by Crippen LogP contribution is 2.18. The molecule has 0 radical (unpaired) electrons. The molecule has 1 aromatic heterocycles. The van der Waals surface area contributed by atoms with Crippen molar-refractivity contribution >= 4 is 11.8 Å². The van der Waals surface area contributed by atoms with Crippen LogP contribution in [0.3, 0.4) is 0 Å². The van der Waals surface area contributed by atoms with E-state index in [1.54, 1.807) is 0 Å². The van der Waals surface area contributed by atoms with E-state index in [4.69, 9.17) is 0 Å². The molecule has 0 aromatic carbocycles. The third-order valence-corrected chi connectivity index (χ3v) is 4.21. The second-order valence-electron chi connectivity index (χ2n) is 4.46. The molecule has 2 rings (SSSR count). The number of aryl methyl sites for hydroxylation is 1. The van der Waals surface area contributed by atoms with Crippen LogP contribution in [0.15, 0.2) is 17.6 Å². The fraction of sp³-hybridized carbons (Fsp3) is 0.750. The molecule has 1 aliphatic rings. The van der Waals surface area contributed by atoms with Crippen LogP contribution in [0.4, 0.5) is 0 Å². The maximum atomic E-state index is 4.30. The van der Waals surface area contributed by atoms with Crippen LogP contribution in [-0.4, -0.2) is 27.9 Å². The van der Waals surface area contributed by atoms with Crippen molar-refractivity contribution in [1.29, 1.82) is 0 Å². The summed E-state index contributed by atoms with van der Waals surface area (Å²) in [5, 5.41) is 4.76. The van der Waals surface area contributed by atoms with E-state index < -0.39 is 0 Å². The number of aromatic nitrogens is 2. The molecular formula is C12H21N3S. The summed E-state index contributed by atoms with van der Waals surface area (Å²) in [4.78, 5) is 4.30. The molecule has 1 saturated carbocycles. The Balaban J connectivity index is 1.59. The van der Waals surface area contributed by atoms with E-state index >= 15 is 0 Å². The number of nitrogens with one attached hydrogen (secondary N) is 1. The van der Waals surface area contributed by atoms with Crippen molar-refractivity contribution in [2.24, 2.45) is 7.05 Å². The van der Waals surface area contributed by atoms with Crippen LogP contribution in [0.2, 0.25) is 0 Å². The SMILES string of the molecule is Cn1ccnc1SCCNC1CCCCC1. The highest BCUT2D eigenvalue weighted by molar-refractivity contribution is 7.99. The lowest BCUT2D eigenvalue weighted by molar-refractivity contribution is 0.381. The summed E-state index contributed by atoms with van der Waals surface area (Å²) in [6.07, 6.45) is 10.8. The highest BCUT2D eigenvalue weighted by atomic mass is 32.2. The van der Waals surface area contributed by atoms with Crippen LogP contribution in [-0.2, 0) is 7.05 Å². The van der Waals surface area contributed by atoms with Gasteiger partial charge < -0.3 is 9.88 Å². The minimum atomic E-state index is 0.774. The van der Waals surface area contributed by atoms with E-state index in [0.717, 1.165) is 23.5 Å². The van der Waals surface area contributed by atoms with Crippen LogP contribution < -0.4 is 5.32 Å². The van der Waals surface area contributed by atoms with Gasteiger partial charge in [0.1, 0.15) is 0 Å². The van der Waals surface area contributed by atoms with Gasteiger partial charge in [0, 0.05) is 37.8 Å². The Hall–Kier alpha value is -0.480. The molecule has 0 amide bonds. The molecule has 1 aliphatic carbocycles. The Labute approximate surface area is 102 Å². The van der Waals surface area contributed by atoms with Gasteiger partial charge in [0.15, 0.2) is 5.16 Å². The van der Waals surface area contributed by atoms with Gasteiger partial charge in [-0.2, -0.15) is 0 Å². The lowest BCUT2D eigenvalue weighted by Crippen LogP contribution is -2.32. The zero-order chi connectivity index (χ0) is 11.2. The number of rotatable bonds is 5. The van der Waals surface area contributed by atoms with Gasteiger partial charge in [-0.15, -0.1) is 0 Å². The van der Waals surface area contributed by atoms with Gasteiger partial charge in [0.25, 0.3) is 0 Å². The van der Waals surface area contributed by atoms with Gasteiger partial charge in [-0.25, -0.2) is 4.98 Å². The normalized spacial score (nSPS) is 17.8. The number of thioether (sulfide) groups is 1. The first-order valence-electron chi connectivity index (χ1n) is 6.20. The van der Waals surface area contributed by atoms with E-state index in [1.807, 2.05) is 31.2 Å². The summed E-state index contributed by atoms with van der Waals surface area (Å²) in [5.74, 6) is 1.11. The summed E-state index contributed by atoms with van der Waals surface area (Å²) in [7, 11) is 2.05. The second-order valence-corrected chi connectivity index (χ2v) is 5.52. The van der Waals surface area contributed by atoms with E-state index in [9.17, 15) is 0 Å². The van der Waals surface area contributed by atoms with Crippen LogP contribution in [0.1, 0.15) is 32.1 Å². The largest absolute Gasteiger partial charge is 0.329 e.